The predicted molar refractivity (Wildman–Crippen MR) is 127 cm³/mol. The van der Waals surface area contributed by atoms with Crippen molar-refractivity contribution >= 4 is 50.9 Å². The Hall–Kier alpha value is -2.57. The van der Waals surface area contributed by atoms with Crippen LogP contribution in [0.4, 0.5) is 11.4 Å². The Labute approximate surface area is 188 Å². The number of benzene rings is 3. The van der Waals surface area contributed by atoms with Crippen molar-refractivity contribution in [1.82, 2.24) is 0 Å². The van der Waals surface area contributed by atoms with Crippen LogP contribution in [-0.4, -0.2) is 17.6 Å². The van der Waals surface area contributed by atoms with Gasteiger partial charge in [-0.25, -0.2) is 0 Å². The number of halogens is 1. The molecule has 1 N–H and O–H groups in total. The van der Waals surface area contributed by atoms with Crippen molar-refractivity contribution in [2.45, 2.75) is 19.2 Å². The third-order valence-electron chi connectivity index (χ3n) is 5.18. The van der Waals surface area contributed by atoms with Crippen LogP contribution in [0.25, 0.3) is 0 Å². The zero-order chi connectivity index (χ0) is 21.3. The molecule has 0 aliphatic carbocycles. The summed E-state index contributed by atoms with van der Waals surface area (Å²) in [5, 5.41) is 2.84. The van der Waals surface area contributed by atoms with Crippen molar-refractivity contribution in [3.05, 3.63) is 93.5 Å². The van der Waals surface area contributed by atoms with Gasteiger partial charge in [0.25, 0.3) is 5.91 Å². The van der Waals surface area contributed by atoms with E-state index in [-0.39, 0.29) is 17.2 Å². The van der Waals surface area contributed by atoms with Crippen LogP contribution in [0.3, 0.4) is 0 Å². The number of anilines is 2. The van der Waals surface area contributed by atoms with Crippen LogP contribution in [0.1, 0.15) is 32.4 Å². The molecule has 1 aliphatic rings. The Morgan fingerprint density at radius 2 is 1.83 bits per heavy atom. The minimum Gasteiger partial charge on any atom is -0.322 e. The molecule has 0 radical (unpaired) electrons. The fourth-order valence-electron chi connectivity index (χ4n) is 3.44. The molecule has 4 nitrogen and oxygen atoms in total. The first kappa shape index (κ1) is 20.7. The first-order valence-electron chi connectivity index (χ1n) is 9.61. The predicted octanol–water partition coefficient (Wildman–Crippen LogP) is 6.10. The van der Waals surface area contributed by atoms with Gasteiger partial charge in [0.05, 0.1) is 11.3 Å². The van der Waals surface area contributed by atoms with Crippen LogP contribution in [-0.2, 0) is 4.79 Å². The van der Waals surface area contributed by atoms with Crippen molar-refractivity contribution in [3.63, 3.8) is 0 Å². The fraction of sp³-hybridized carbons (Fsp3) is 0.167. The second-order valence-corrected chi connectivity index (χ2v) is 9.18. The number of carbonyl (C=O) groups is 2. The monoisotopic (exact) mass is 480 g/mol. The molecule has 6 heteroatoms. The molecule has 4 rings (SSSR count). The summed E-state index contributed by atoms with van der Waals surface area (Å²) in [6, 6.07) is 21.1. The van der Waals surface area contributed by atoms with Crippen LogP contribution in [0.5, 0.6) is 0 Å². The van der Waals surface area contributed by atoms with Gasteiger partial charge < -0.3 is 5.32 Å². The molecular formula is C24H21BrN2O2S. The molecule has 152 valence electrons. The van der Waals surface area contributed by atoms with Crippen molar-refractivity contribution in [2.75, 3.05) is 16.0 Å². The highest BCUT2D eigenvalue weighted by atomic mass is 79.9. The van der Waals surface area contributed by atoms with Crippen molar-refractivity contribution in [1.29, 1.82) is 0 Å². The Kier molecular flexibility index (Phi) is 5.97. The van der Waals surface area contributed by atoms with E-state index < -0.39 is 0 Å². The van der Waals surface area contributed by atoms with Gasteiger partial charge in [-0.15, -0.1) is 11.8 Å². The summed E-state index contributed by atoms with van der Waals surface area (Å²) in [7, 11) is 0. The number of aryl methyl sites for hydroxylation is 2. The Morgan fingerprint density at radius 3 is 2.60 bits per heavy atom. The summed E-state index contributed by atoms with van der Waals surface area (Å²) in [5.74, 6) is 0.349. The number of hydrogen-bond acceptors (Lipinski definition) is 3. The highest BCUT2D eigenvalue weighted by Crippen LogP contribution is 2.42. The van der Waals surface area contributed by atoms with Crippen molar-refractivity contribution < 1.29 is 9.59 Å². The second kappa shape index (κ2) is 8.66. The number of nitrogens with zero attached hydrogens (tertiary/aromatic N) is 1. The maximum absolute atomic E-state index is 12.7. The molecule has 0 aromatic heterocycles. The Balaban J connectivity index is 1.61. The first-order valence-corrected chi connectivity index (χ1v) is 11.4. The fourth-order valence-corrected chi connectivity index (χ4v) is 5.07. The molecule has 1 aliphatic heterocycles. The molecule has 1 atom stereocenters. The van der Waals surface area contributed by atoms with Gasteiger partial charge in [0.2, 0.25) is 5.91 Å². The van der Waals surface area contributed by atoms with Gasteiger partial charge in [0, 0.05) is 15.8 Å². The maximum Gasteiger partial charge on any atom is 0.256 e. The molecule has 1 heterocycles. The molecule has 0 saturated carbocycles. The Bertz CT molecular complexity index is 1130. The van der Waals surface area contributed by atoms with E-state index in [1.165, 1.54) is 5.56 Å². The summed E-state index contributed by atoms with van der Waals surface area (Å²) in [6.07, 6.45) is 0. The number of nitrogens with one attached hydrogen (secondary N) is 1. The lowest BCUT2D eigenvalue weighted by molar-refractivity contribution is -0.115. The van der Waals surface area contributed by atoms with Gasteiger partial charge in [-0.05, 0) is 82.9 Å². The highest BCUT2D eigenvalue weighted by Gasteiger charge is 2.34. The van der Waals surface area contributed by atoms with Crippen LogP contribution < -0.4 is 10.2 Å². The summed E-state index contributed by atoms with van der Waals surface area (Å²) in [6.45, 7) is 4.12. The SMILES string of the molecule is Cc1ccc(N2C(=O)CS[C@H]2c2cccc(NC(=O)c3ccccc3Br)c2)cc1C. The van der Waals surface area contributed by atoms with Gasteiger partial charge in [-0.2, -0.15) is 0 Å². The van der Waals surface area contributed by atoms with Crippen molar-refractivity contribution in [2.24, 2.45) is 0 Å². The number of thioether (sulfide) groups is 1. The van der Waals surface area contributed by atoms with E-state index in [9.17, 15) is 9.59 Å². The smallest absolute Gasteiger partial charge is 0.256 e. The molecule has 1 saturated heterocycles. The van der Waals surface area contributed by atoms with E-state index in [2.05, 4.69) is 41.2 Å². The van der Waals surface area contributed by atoms with Crippen molar-refractivity contribution in [3.8, 4) is 0 Å². The summed E-state index contributed by atoms with van der Waals surface area (Å²) < 4.78 is 0.747. The largest absolute Gasteiger partial charge is 0.322 e. The lowest BCUT2D eigenvalue weighted by atomic mass is 10.1. The second-order valence-electron chi connectivity index (χ2n) is 7.26. The van der Waals surface area contributed by atoms with Crippen LogP contribution in [0.15, 0.2) is 71.2 Å². The van der Waals surface area contributed by atoms with Crippen LogP contribution in [0, 0.1) is 13.8 Å². The standard InChI is InChI=1S/C24H21BrN2O2S/c1-15-10-11-19(12-16(15)2)27-22(28)14-30-24(27)17-6-5-7-18(13-17)26-23(29)20-8-3-4-9-21(20)25/h3-13,24H,14H2,1-2H3,(H,26,29)/t24-/m0/s1. The lowest BCUT2D eigenvalue weighted by Gasteiger charge is -2.25. The molecule has 30 heavy (non-hydrogen) atoms. The Morgan fingerprint density at radius 1 is 1.03 bits per heavy atom. The van der Waals surface area contributed by atoms with Crippen LogP contribution in [0.2, 0.25) is 0 Å². The molecule has 0 bridgehead atoms. The van der Waals surface area contributed by atoms with E-state index in [0.717, 1.165) is 21.3 Å². The van der Waals surface area contributed by atoms with Gasteiger partial charge in [0.1, 0.15) is 5.37 Å². The minimum atomic E-state index is -0.180. The van der Waals surface area contributed by atoms with E-state index in [1.807, 2.05) is 59.5 Å². The first-order chi connectivity index (χ1) is 14.4. The quantitative estimate of drug-likeness (QED) is 0.490. The summed E-state index contributed by atoms with van der Waals surface area (Å²) in [4.78, 5) is 27.2. The lowest BCUT2D eigenvalue weighted by Crippen LogP contribution is -2.28. The number of carbonyl (C=O) groups excluding carboxylic acids is 2. The van der Waals surface area contributed by atoms with E-state index in [1.54, 1.807) is 17.8 Å². The molecule has 3 aromatic carbocycles. The van der Waals surface area contributed by atoms with Gasteiger partial charge in [-0.3, -0.25) is 14.5 Å². The number of amides is 2. The zero-order valence-electron chi connectivity index (χ0n) is 16.7. The summed E-state index contributed by atoms with van der Waals surface area (Å²) in [5.41, 5.74) is 5.52. The molecule has 3 aromatic rings. The number of hydrogen-bond donors (Lipinski definition) is 1. The van der Waals surface area contributed by atoms with E-state index >= 15 is 0 Å². The normalized spacial score (nSPS) is 16.0. The van der Waals surface area contributed by atoms with Gasteiger partial charge in [-0.1, -0.05) is 30.3 Å². The molecule has 0 unspecified atom stereocenters. The molecular weight excluding hydrogens is 460 g/mol. The average molecular weight is 481 g/mol. The third kappa shape index (κ3) is 4.16. The van der Waals surface area contributed by atoms with E-state index in [4.69, 9.17) is 0 Å². The average Bonchev–Trinajstić information content (AvgIpc) is 3.12. The topological polar surface area (TPSA) is 49.4 Å². The summed E-state index contributed by atoms with van der Waals surface area (Å²) >= 11 is 5.02. The third-order valence-corrected chi connectivity index (χ3v) is 7.09. The number of rotatable bonds is 4. The highest BCUT2D eigenvalue weighted by molar-refractivity contribution is 9.10. The van der Waals surface area contributed by atoms with E-state index in [0.29, 0.717) is 17.0 Å². The molecule has 0 spiro atoms. The van der Waals surface area contributed by atoms with Gasteiger partial charge >= 0.3 is 0 Å². The van der Waals surface area contributed by atoms with Crippen LogP contribution >= 0.6 is 27.7 Å². The minimum absolute atomic E-state index is 0.0934. The van der Waals surface area contributed by atoms with Gasteiger partial charge in [0.15, 0.2) is 0 Å². The molecule has 2 amide bonds. The molecule has 1 fully saturated rings. The maximum atomic E-state index is 12.7. The zero-order valence-corrected chi connectivity index (χ0v) is 19.1.